The van der Waals surface area contributed by atoms with Gasteiger partial charge in [-0.15, -0.1) is 0 Å². The van der Waals surface area contributed by atoms with Gasteiger partial charge in [0.1, 0.15) is 18.3 Å². The zero-order valence-corrected chi connectivity index (χ0v) is 11.2. The molecule has 1 aliphatic rings. The predicted octanol–water partition coefficient (Wildman–Crippen LogP) is -1.59. The van der Waals surface area contributed by atoms with E-state index in [1.807, 2.05) is 0 Å². The Hall–Kier alpha value is -2.20. The second-order valence-corrected chi connectivity index (χ2v) is 4.90. The van der Waals surface area contributed by atoms with E-state index in [0.717, 1.165) is 10.6 Å². The van der Waals surface area contributed by atoms with Crippen molar-refractivity contribution in [3.05, 3.63) is 45.3 Å². The highest BCUT2D eigenvalue weighted by atomic mass is 16.6. The van der Waals surface area contributed by atoms with Crippen LogP contribution in [-0.4, -0.2) is 49.8 Å². The summed E-state index contributed by atoms with van der Waals surface area (Å²) in [4.78, 5) is 25.7. The van der Waals surface area contributed by atoms with Gasteiger partial charge in [0.15, 0.2) is 12.0 Å². The Kier molecular flexibility index (Phi) is 3.71. The number of aromatic nitrogens is 2. The minimum absolute atomic E-state index is 0.0913. The number of ether oxygens (including phenoxy) is 1. The van der Waals surface area contributed by atoms with Crippen LogP contribution in [0.15, 0.2) is 38.5 Å². The van der Waals surface area contributed by atoms with Crippen molar-refractivity contribution in [1.82, 2.24) is 9.55 Å². The van der Waals surface area contributed by atoms with Crippen LogP contribution in [0.25, 0.3) is 11.5 Å². The fourth-order valence-corrected chi connectivity index (χ4v) is 2.46. The van der Waals surface area contributed by atoms with Crippen LogP contribution in [0.4, 0.5) is 0 Å². The highest BCUT2D eigenvalue weighted by molar-refractivity contribution is 5.51. The summed E-state index contributed by atoms with van der Waals surface area (Å²) >= 11 is 0. The molecule has 1 saturated heterocycles. The standard InChI is InChI=1S/C13H14N2O7/c16-5-8-10(18)11(19)12(22-8)15-6(7-2-1-3-21-7)4-9(17)14-13(15)20/h1-4,8,10-12,16,18-19H,5H2,(H,14,17,20)/t8-,10-,11-,12-/m1/s1. The molecule has 0 saturated carbocycles. The predicted molar refractivity (Wildman–Crippen MR) is 72.0 cm³/mol. The Morgan fingerprint density at radius 3 is 2.64 bits per heavy atom. The molecule has 9 heteroatoms. The summed E-state index contributed by atoms with van der Waals surface area (Å²) in [5.41, 5.74) is -1.37. The summed E-state index contributed by atoms with van der Waals surface area (Å²) < 4.78 is 11.5. The van der Waals surface area contributed by atoms with Gasteiger partial charge in [0.2, 0.25) is 0 Å². The minimum atomic E-state index is -1.45. The number of H-pyrrole nitrogens is 1. The number of nitrogens with one attached hydrogen (secondary N) is 1. The zero-order chi connectivity index (χ0) is 15.9. The first-order valence-electron chi connectivity index (χ1n) is 6.55. The molecular weight excluding hydrogens is 296 g/mol. The summed E-state index contributed by atoms with van der Waals surface area (Å²) in [5, 5.41) is 29.0. The first-order valence-corrected chi connectivity index (χ1v) is 6.55. The minimum Gasteiger partial charge on any atom is -0.463 e. The van der Waals surface area contributed by atoms with Crippen LogP contribution in [0, 0.1) is 0 Å². The van der Waals surface area contributed by atoms with Crippen LogP contribution in [0.2, 0.25) is 0 Å². The first-order chi connectivity index (χ1) is 10.5. The Morgan fingerprint density at radius 1 is 1.27 bits per heavy atom. The fourth-order valence-electron chi connectivity index (χ4n) is 2.46. The Balaban J connectivity index is 2.15. The van der Waals surface area contributed by atoms with Crippen molar-refractivity contribution in [2.75, 3.05) is 6.61 Å². The Morgan fingerprint density at radius 2 is 2.05 bits per heavy atom. The number of furan rings is 1. The molecule has 0 aromatic carbocycles. The van der Waals surface area contributed by atoms with Gasteiger partial charge in [0, 0.05) is 6.07 Å². The van der Waals surface area contributed by atoms with Crippen molar-refractivity contribution < 1.29 is 24.5 Å². The summed E-state index contributed by atoms with van der Waals surface area (Å²) in [7, 11) is 0. The number of rotatable bonds is 3. The molecule has 9 nitrogen and oxygen atoms in total. The van der Waals surface area contributed by atoms with Gasteiger partial charge in [-0.25, -0.2) is 4.79 Å². The average molecular weight is 310 g/mol. The summed E-state index contributed by atoms with van der Waals surface area (Å²) in [6.45, 7) is -0.525. The third-order valence-corrected chi connectivity index (χ3v) is 3.52. The van der Waals surface area contributed by atoms with E-state index in [1.54, 1.807) is 6.07 Å². The largest absolute Gasteiger partial charge is 0.463 e. The number of nitrogens with zero attached hydrogens (tertiary/aromatic N) is 1. The van der Waals surface area contributed by atoms with Crippen molar-refractivity contribution in [2.45, 2.75) is 24.5 Å². The normalized spacial score (nSPS) is 28.1. The molecule has 0 spiro atoms. The number of aromatic amines is 1. The summed E-state index contributed by atoms with van der Waals surface area (Å²) in [6.07, 6.45) is -3.75. The lowest BCUT2D eigenvalue weighted by molar-refractivity contribution is -0.0543. The van der Waals surface area contributed by atoms with E-state index in [2.05, 4.69) is 4.98 Å². The number of hydrogen-bond donors (Lipinski definition) is 4. The summed E-state index contributed by atoms with van der Waals surface area (Å²) in [6, 6.07) is 4.23. The number of aliphatic hydroxyl groups is 3. The van der Waals surface area contributed by atoms with E-state index in [-0.39, 0.29) is 11.5 Å². The van der Waals surface area contributed by atoms with E-state index < -0.39 is 42.4 Å². The van der Waals surface area contributed by atoms with Gasteiger partial charge >= 0.3 is 5.69 Å². The lowest BCUT2D eigenvalue weighted by atomic mass is 10.1. The zero-order valence-electron chi connectivity index (χ0n) is 11.2. The van der Waals surface area contributed by atoms with Gasteiger partial charge in [-0.05, 0) is 12.1 Å². The smallest absolute Gasteiger partial charge is 0.331 e. The fraction of sp³-hybridized carbons (Fsp3) is 0.385. The molecule has 0 amide bonds. The van der Waals surface area contributed by atoms with Crippen LogP contribution < -0.4 is 11.2 Å². The molecule has 3 rings (SSSR count). The third-order valence-electron chi connectivity index (χ3n) is 3.52. The maximum Gasteiger partial charge on any atom is 0.331 e. The van der Waals surface area contributed by atoms with Gasteiger partial charge in [-0.2, -0.15) is 0 Å². The second-order valence-electron chi connectivity index (χ2n) is 4.90. The lowest BCUT2D eigenvalue weighted by Gasteiger charge is -2.20. The highest BCUT2D eigenvalue weighted by Crippen LogP contribution is 2.31. The Bertz CT molecular complexity index is 763. The number of aliphatic hydroxyl groups excluding tert-OH is 3. The quantitative estimate of drug-likeness (QED) is 0.536. The monoisotopic (exact) mass is 310 g/mol. The van der Waals surface area contributed by atoms with Gasteiger partial charge in [-0.3, -0.25) is 14.3 Å². The second kappa shape index (κ2) is 5.54. The van der Waals surface area contributed by atoms with Crippen molar-refractivity contribution in [2.24, 2.45) is 0 Å². The van der Waals surface area contributed by atoms with E-state index in [9.17, 15) is 19.8 Å². The van der Waals surface area contributed by atoms with Crippen LogP contribution in [-0.2, 0) is 4.74 Å². The van der Waals surface area contributed by atoms with Crippen LogP contribution >= 0.6 is 0 Å². The molecular formula is C13H14N2O7. The van der Waals surface area contributed by atoms with Gasteiger partial charge in [-0.1, -0.05) is 0 Å². The molecule has 0 radical (unpaired) electrons. The van der Waals surface area contributed by atoms with E-state index >= 15 is 0 Å². The van der Waals surface area contributed by atoms with E-state index in [1.165, 1.54) is 12.3 Å². The molecule has 1 aliphatic heterocycles. The molecule has 2 aromatic heterocycles. The summed E-state index contributed by atoms with van der Waals surface area (Å²) in [5.74, 6) is 0.223. The molecule has 0 bridgehead atoms. The van der Waals surface area contributed by atoms with Crippen molar-refractivity contribution in [1.29, 1.82) is 0 Å². The SMILES string of the molecule is O=c1cc(-c2ccco2)n([C@@H]2O[C@H](CO)[C@@H](O)[C@H]2O)c(=O)[nH]1. The highest BCUT2D eigenvalue weighted by Gasteiger charge is 2.44. The van der Waals surface area contributed by atoms with Crippen LogP contribution in [0.3, 0.4) is 0 Å². The molecule has 1 fully saturated rings. The van der Waals surface area contributed by atoms with Gasteiger partial charge < -0.3 is 24.5 Å². The maximum atomic E-state index is 12.1. The van der Waals surface area contributed by atoms with Gasteiger partial charge in [0.05, 0.1) is 18.6 Å². The third kappa shape index (κ3) is 2.29. The van der Waals surface area contributed by atoms with Crippen molar-refractivity contribution in [3.63, 3.8) is 0 Å². The van der Waals surface area contributed by atoms with Gasteiger partial charge in [0.25, 0.3) is 5.56 Å². The number of hydrogen-bond acceptors (Lipinski definition) is 7. The maximum absolute atomic E-state index is 12.1. The molecule has 2 aromatic rings. The molecule has 4 atom stereocenters. The van der Waals surface area contributed by atoms with Crippen LogP contribution in [0.1, 0.15) is 6.23 Å². The molecule has 0 unspecified atom stereocenters. The van der Waals surface area contributed by atoms with Crippen molar-refractivity contribution in [3.8, 4) is 11.5 Å². The molecule has 0 aliphatic carbocycles. The average Bonchev–Trinajstić information content (AvgIpc) is 3.09. The van der Waals surface area contributed by atoms with E-state index in [4.69, 9.17) is 14.3 Å². The first kappa shape index (κ1) is 14.7. The van der Waals surface area contributed by atoms with Crippen LogP contribution in [0.5, 0.6) is 0 Å². The lowest BCUT2D eigenvalue weighted by Crippen LogP contribution is -2.38. The van der Waals surface area contributed by atoms with E-state index in [0.29, 0.717) is 0 Å². The molecule has 4 N–H and O–H groups in total. The topological polar surface area (TPSA) is 138 Å². The molecule has 118 valence electrons. The molecule has 3 heterocycles. The van der Waals surface area contributed by atoms with Crippen molar-refractivity contribution >= 4 is 0 Å². The molecule has 22 heavy (non-hydrogen) atoms. The Labute approximate surface area is 123 Å².